The number of rotatable bonds is 5. The van der Waals surface area contributed by atoms with Crippen LogP contribution in [0.3, 0.4) is 0 Å². The second kappa shape index (κ2) is 7.16. The normalized spacial score (nSPS) is 19.6. The predicted molar refractivity (Wildman–Crippen MR) is 73.7 cm³/mol. The third-order valence-electron chi connectivity index (χ3n) is 3.20. The Morgan fingerprint density at radius 1 is 1.65 bits per heavy atom. The van der Waals surface area contributed by atoms with Gasteiger partial charge in [0.15, 0.2) is 0 Å². The average Bonchev–Trinajstić information content (AvgIpc) is 2.52. The zero-order valence-electron chi connectivity index (χ0n) is 11.8. The lowest BCUT2D eigenvalue weighted by Gasteiger charge is -2.32. The Kier molecular flexibility index (Phi) is 5.25. The van der Waals surface area contributed by atoms with Crippen molar-refractivity contribution in [1.29, 1.82) is 0 Å². The fraction of sp³-hybridized carbons (Fsp3) is 0.615. The number of hydrogen-bond acceptors (Lipinski definition) is 7. The van der Waals surface area contributed by atoms with Crippen LogP contribution >= 0.6 is 0 Å². The Labute approximate surface area is 118 Å². The summed E-state index contributed by atoms with van der Waals surface area (Å²) in [6, 6.07) is 1.72. The first-order valence-electron chi connectivity index (χ1n) is 6.72. The Bertz CT molecular complexity index is 455. The van der Waals surface area contributed by atoms with Gasteiger partial charge in [-0.25, -0.2) is 14.8 Å². The molecule has 0 saturated carbocycles. The fourth-order valence-electron chi connectivity index (χ4n) is 2.06. The number of likely N-dealkylation sites (N-methyl/N-ethyl adjacent to an activating group) is 1. The summed E-state index contributed by atoms with van der Waals surface area (Å²) in [5, 5.41) is 3.17. The molecular formula is C13H20N4O3. The molecule has 1 atom stereocenters. The van der Waals surface area contributed by atoms with E-state index >= 15 is 0 Å². The zero-order valence-corrected chi connectivity index (χ0v) is 11.8. The Morgan fingerprint density at radius 2 is 2.50 bits per heavy atom. The average molecular weight is 280 g/mol. The molecule has 0 radical (unpaired) electrons. The minimum absolute atomic E-state index is 0.0530. The van der Waals surface area contributed by atoms with Crippen LogP contribution in [0.5, 0.6) is 0 Å². The molecule has 0 aliphatic carbocycles. The van der Waals surface area contributed by atoms with E-state index in [-0.39, 0.29) is 11.9 Å². The van der Waals surface area contributed by atoms with Gasteiger partial charge in [0.25, 0.3) is 0 Å². The first kappa shape index (κ1) is 14.7. The first-order valence-corrected chi connectivity index (χ1v) is 6.72. The molecule has 0 bridgehead atoms. The van der Waals surface area contributed by atoms with E-state index < -0.39 is 5.97 Å². The van der Waals surface area contributed by atoms with E-state index in [0.717, 1.165) is 26.2 Å². The van der Waals surface area contributed by atoms with E-state index in [1.807, 2.05) is 0 Å². The summed E-state index contributed by atoms with van der Waals surface area (Å²) in [5.41, 5.74) is 0. The third-order valence-corrected chi connectivity index (χ3v) is 3.20. The van der Waals surface area contributed by atoms with Gasteiger partial charge in [-0.3, -0.25) is 4.90 Å². The largest absolute Gasteiger partial charge is 0.463 e. The van der Waals surface area contributed by atoms with Gasteiger partial charge in [0, 0.05) is 25.8 Å². The van der Waals surface area contributed by atoms with Crippen LogP contribution in [0, 0.1) is 0 Å². The van der Waals surface area contributed by atoms with Crippen LogP contribution in [-0.4, -0.2) is 66.8 Å². The molecule has 1 aliphatic heterocycles. The summed E-state index contributed by atoms with van der Waals surface area (Å²) in [6.07, 6.45) is 1.65. The topological polar surface area (TPSA) is 76.6 Å². The van der Waals surface area contributed by atoms with Crippen LogP contribution in [0.2, 0.25) is 0 Å². The predicted octanol–water partition coefficient (Wildman–Crippen LogP) is 0.396. The Morgan fingerprint density at radius 3 is 3.25 bits per heavy atom. The molecule has 1 aromatic rings. The summed E-state index contributed by atoms with van der Waals surface area (Å²) in [5.74, 6) is 0.106. The number of esters is 1. The van der Waals surface area contributed by atoms with Crippen LogP contribution < -0.4 is 5.32 Å². The van der Waals surface area contributed by atoms with Crippen molar-refractivity contribution in [2.75, 3.05) is 45.2 Å². The number of ether oxygens (including phenoxy) is 2. The maximum absolute atomic E-state index is 11.3. The van der Waals surface area contributed by atoms with Crippen molar-refractivity contribution in [3.8, 4) is 0 Å². The molecule has 2 rings (SSSR count). The molecule has 20 heavy (non-hydrogen) atoms. The van der Waals surface area contributed by atoms with Gasteiger partial charge in [0.05, 0.1) is 19.8 Å². The molecule has 1 fully saturated rings. The van der Waals surface area contributed by atoms with Crippen LogP contribution in [0.1, 0.15) is 17.5 Å². The SMILES string of the molecule is CCN1CCOC(CNc2ccnc(C(=O)OC)n2)C1. The van der Waals surface area contributed by atoms with Crippen molar-refractivity contribution < 1.29 is 14.3 Å². The molecule has 1 aliphatic rings. The molecule has 0 aromatic carbocycles. The van der Waals surface area contributed by atoms with E-state index in [9.17, 15) is 4.79 Å². The van der Waals surface area contributed by atoms with Crippen molar-refractivity contribution in [3.05, 3.63) is 18.1 Å². The Balaban J connectivity index is 1.89. The van der Waals surface area contributed by atoms with E-state index in [0.29, 0.717) is 12.4 Å². The lowest BCUT2D eigenvalue weighted by Crippen LogP contribution is -2.45. The molecule has 0 spiro atoms. The number of anilines is 1. The van der Waals surface area contributed by atoms with E-state index in [2.05, 4.69) is 31.8 Å². The van der Waals surface area contributed by atoms with Crippen molar-refractivity contribution in [3.63, 3.8) is 0 Å². The highest BCUT2D eigenvalue weighted by atomic mass is 16.5. The van der Waals surface area contributed by atoms with Crippen molar-refractivity contribution in [2.24, 2.45) is 0 Å². The summed E-state index contributed by atoms with van der Waals surface area (Å²) < 4.78 is 10.3. The standard InChI is InChI=1S/C13H20N4O3/c1-3-17-6-7-20-10(9-17)8-15-11-4-5-14-12(16-11)13(18)19-2/h4-5,10H,3,6-9H2,1-2H3,(H,14,15,16). The minimum Gasteiger partial charge on any atom is -0.463 e. The monoisotopic (exact) mass is 280 g/mol. The minimum atomic E-state index is -0.542. The number of nitrogens with one attached hydrogen (secondary N) is 1. The van der Waals surface area contributed by atoms with E-state index in [4.69, 9.17) is 4.74 Å². The van der Waals surface area contributed by atoms with Gasteiger partial charge in [-0.2, -0.15) is 0 Å². The number of aromatic nitrogens is 2. The fourth-order valence-corrected chi connectivity index (χ4v) is 2.06. The molecule has 1 saturated heterocycles. The van der Waals surface area contributed by atoms with Crippen LogP contribution in [0.4, 0.5) is 5.82 Å². The smallest absolute Gasteiger partial charge is 0.376 e. The van der Waals surface area contributed by atoms with Gasteiger partial charge in [-0.1, -0.05) is 6.92 Å². The number of methoxy groups -OCH3 is 1. The number of hydrogen-bond donors (Lipinski definition) is 1. The molecule has 1 aromatic heterocycles. The van der Waals surface area contributed by atoms with Gasteiger partial charge in [-0.05, 0) is 12.6 Å². The van der Waals surface area contributed by atoms with Gasteiger partial charge in [0.1, 0.15) is 5.82 Å². The van der Waals surface area contributed by atoms with Gasteiger partial charge >= 0.3 is 5.97 Å². The van der Waals surface area contributed by atoms with Crippen molar-refractivity contribution in [2.45, 2.75) is 13.0 Å². The molecule has 2 heterocycles. The maximum atomic E-state index is 11.3. The van der Waals surface area contributed by atoms with Crippen LogP contribution in [0.15, 0.2) is 12.3 Å². The first-order chi connectivity index (χ1) is 9.72. The molecule has 1 unspecified atom stereocenters. The van der Waals surface area contributed by atoms with Gasteiger partial charge < -0.3 is 14.8 Å². The molecular weight excluding hydrogens is 260 g/mol. The Hall–Kier alpha value is -1.73. The van der Waals surface area contributed by atoms with E-state index in [1.54, 1.807) is 6.07 Å². The molecule has 1 N–H and O–H groups in total. The highest BCUT2D eigenvalue weighted by Crippen LogP contribution is 2.07. The molecule has 7 nitrogen and oxygen atoms in total. The lowest BCUT2D eigenvalue weighted by molar-refractivity contribution is -0.0192. The number of carbonyl (C=O) groups excluding carboxylic acids is 1. The van der Waals surface area contributed by atoms with Crippen LogP contribution in [0.25, 0.3) is 0 Å². The van der Waals surface area contributed by atoms with Gasteiger partial charge in [-0.15, -0.1) is 0 Å². The van der Waals surface area contributed by atoms with Crippen molar-refractivity contribution in [1.82, 2.24) is 14.9 Å². The summed E-state index contributed by atoms with van der Waals surface area (Å²) >= 11 is 0. The lowest BCUT2D eigenvalue weighted by atomic mass is 10.2. The highest BCUT2D eigenvalue weighted by Gasteiger charge is 2.19. The highest BCUT2D eigenvalue weighted by molar-refractivity contribution is 5.85. The second-order valence-electron chi connectivity index (χ2n) is 4.52. The zero-order chi connectivity index (χ0) is 14.4. The summed E-state index contributed by atoms with van der Waals surface area (Å²) in [7, 11) is 1.31. The maximum Gasteiger partial charge on any atom is 0.376 e. The molecule has 110 valence electrons. The summed E-state index contributed by atoms with van der Waals surface area (Å²) in [4.78, 5) is 21.7. The van der Waals surface area contributed by atoms with Gasteiger partial charge in [0.2, 0.25) is 5.82 Å². The molecule has 0 amide bonds. The van der Waals surface area contributed by atoms with Crippen molar-refractivity contribution >= 4 is 11.8 Å². The number of nitrogens with zero attached hydrogens (tertiary/aromatic N) is 3. The second-order valence-corrected chi connectivity index (χ2v) is 4.52. The quantitative estimate of drug-likeness (QED) is 0.782. The number of morpholine rings is 1. The third kappa shape index (κ3) is 3.88. The molecule has 7 heteroatoms. The van der Waals surface area contributed by atoms with Crippen LogP contribution in [-0.2, 0) is 9.47 Å². The summed E-state index contributed by atoms with van der Waals surface area (Å²) in [6.45, 7) is 6.44. The number of carbonyl (C=O) groups is 1. The van der Waals surface area contributed by atoms with E-state index in [1.165, 1.54) is 13.3 Å².